The molecule has 0 spiro atoms. The van der Waals surface area contributed by atoms with Crippen LogP contribution in [0.3, 0.4) is 0 Å². The Bertz CT molecular complexity index is 236. The van der Waals surface area contributed by atoms with Crippen molar-refractivity contribution < 1.29 is 19.8 Å². The highest BCUT2D eigenvalue weighted by Gasteiger charge is 2.22. The molecule has 1 aliphatic rings. The van der Waals surface area contributed by atoms with E-state index in [1.807, 2.05) is 0 Å². The number of aliphatic hydroxyl groups excluding tert-OH is 1. The van der Waals surface area contributed by atoms with Crippen LogP contribution >= 0.6 is 0 Å². The maximum Gasteiger partial charge on any atom is 0.334 e. The summed E-state index contributed by atoms with van der Waals surface area (Å²) in [5.41, 5.74) is 0. The van der Waals surface area contributed by atoms with Gasteiger partial charge >= 0.3 is 5.97 Å². The SMILES string of the molecule is O=C(O)C(O)CNC(=O)C1CCCCC1. The van der Waals surface area contributed by atoms with E-state index in [4.69, 9.17) is 10.2 Å². The van der Waals surface area contributed by atoms with Crippen molar-refractivity contribution in [1.29, 1.82) is 0 Å². The molecule has 1 amide bonds. The number of carboxylic acid groups (broad SMARTS) is 1. The van der Waals surface area contributed by atoms with Crippen LogP contribution in [0, 0.1) is 5.92 Å². The average molecular weight is 215 g/mol. The fourth-order valence-corrected chi connectivity index (χ4v) is 1.79. The van der Waals surface area contributed by atoms with Gasteiger partial charge in [0.1, 0.15) is 0 Å². The first kappa shape index (κ1) is 12.0. The number of aliphatic carboxylic acids is 1. The Morgan fingerprint density at radius 1 is 1.27 bits per heavy atom. The van der Waals surface area contributed by atoms with E-state index < -0.39 is 12.1 Å². The molecule has 1 atom stereocenters. The second-order valence-electron chi connectivity index (χ2n) is 3.93. The Balaban J connectivity index is 2.25. The third kappa shape index (κ3) is 3.87. The second-order valence-corrected chi connectivity index (χ2v) is 3.93. The molecular formula is C10H17NO4. The summed E-state index contributed by atoms with van der Waals surface area (Å²) >= 11 is 0. The van der Waals surface area contributed by atoms with Crippen LogP contribution in [0.1, 0.15) is 32.1 Å². The first-order valence-corrected chi connectivity index (χ1v) is 5.30. The van der Waals surface area contributed by atoms with E-state index in [1.54, 1.807) is 0 Å². The lowest BCUT2D eigenvalue weighted by molar-refractivity contribution is -0.146. The average Bonchev–Trinajstić information content (AvgIpc) is 2.26. The molecule has 86 valence electrons. The van der Waals surface area contributed by atoms with E-state index in [-0.39, 0.29) is 18.4 Å². The minimum atomic E-state index is -1.50. The van der Waals surface area contributed by atoms with Crippen LogP contribution in [0.5, 0.6) is 0 Å². The zero-order chi connectivity index (χ0) is 11.3. The van der Waals surface area contributed by atoms with Crippen LogP contribution in [-0.4, -0.2) is 34.7 Å². The number of hydrogen-bond donors (Lipinski definition) is 3. The molecule has 3 N–H and O–H groups in total. The first-order valence-electron chi connectivity index (χ1n) is 5.30. The maximum atomic E-state index is 11.5. The van der Waals surface area contributed by atoms with Crippen LogP contribution in [0.25, 0.3) is 0 Å². The highest BCUT2D eigenvalue weighted by atomic mass is 16.4. The largest absolute Gasteiger partial charge is 0.479 e. The maximum absolute atomic E-state index is 11.5. The number of amides is 1. The van der Waals surface area contributed by atoms with Crippen molar-refractivity contribution >= 4 is 11.9 Å². The van der Waals surface area contributed by atoms with Crippen LogP contribution in [0.2, 0.25) is 0 Å². The second kappa shape index (κ2) is 5.70. The van der Waals surface area contributed by atoms with Crippen molar-refractivity contribution in [3.05, 3.63) is 0 Å². The number of aliphatic hydroxyl groups is 1. The molecule has 1 fully saturated rings. The van der Waals surface area contributed by atoms with Crippen molar-refractivity contribution in [3.8, 4) is 0 Å². The topological polar surface area (TPSA) is 86.6 Å². The first-order chi connectivity index (χ1) is 7.11. The number of hydrogen-bond acceptors (Lipinski definition) is 3. The molecule has 1 rings (SSSR count). The Labute approximate surface area is 88.5 Å². The molecule has 0 aromatic rings. The number of carbonyl (C=O) groups is 2. The molecule has 1 saturated carbocycles. The van der Waals surface area contributed by atoms with Gasteiger partial charge in [-0.25, -0.2) is 4.79 Å². The fraction of sp³-hybridized carbons (Fsp3) is 0.800. The van der Waals surface area contributed by atoms with Crippen LogP contribution < -0.4 is 5.32 Å². The number of carboxylic acids is 1. The van der Waals surface area contributed by atoms with Crippen molar-refractivity contribution in [2.24, 2.45) is 5.92 Å². The zero-order valence-electron chi connectivity index (χ0n) is 8.61. The summed E-state index contributed by atoms with van der Waals surface area (Å²) in [4.78, 5) is 21.8. The molecule has 1 unspecified atom stereocenters. The molecular weight excluding hydrogens is 198 g/mol. The van der Waals surface area contributed by atoms with Gasteiger partial charge in [0.25, 0.3) is 0 Å². The van der Waals surface area contributed by atoms with E-state index in [1.165, 1.54) is 6.42 Å². The summed E-state index contributed by atoms with van der Waals surface area (Å²) in [5.74, 6) is -1.44. The lowest BCUT2D eigenvalue weighted by Gasteiger charge is -2.21. The van der Waals surface area contributed by atoms with Gasteiger partial charge in [-0.1, -0.05) is 19.3 Å². The number of nitrogens with one attached hydrogen (secondary N) is 1. The van der Waals surface area contributed by atoms with E-state index in [0.29, 0.717) is 0 Å². The summed E-state index contributed by atoms with van der Waals surface area (Å²) < 4.78 is 0. The van der Waals surface area contributed by atoms with Crippen LogP contribution in [-0.2, 0) is 9.59 Å². The summed E-state index contributed by atoms with van der Waals surface area (Å²) in [6, 6.07) is 0. The van der Waals surface area contributed by atoms with Gasteiger partial charge < -0.3 is 15.5 Å². The summed E-state index contributed by atoms with van der Waals surface area (Å²) in [6.07, 6.45) is 3.52. The molecule has 0 bridgehead atoms. The molecule has 0 aromatic carbocycles. The molecule has 0 aliphatic heterocycles. The quantitative estimate of drug-likeness (QED) is 0.622. The van der Waals surface area contributed by atoms with Crippen molar-refractivity contribution in [2.75, 3.05) is 6.54 Å². The molecule has 1 aliphatic carbocycles. The lowest BCUT2D eigenvalue weighted by atomic mass is 9.89. The standard InChI is InChI=1S/C10H17NO4/c12-8(10(14)15)6-11-9(13)7-4-2-1-3-5-7/h7-8,12H,1-6H2,(H,11,13)(H,14,15). The van der Waals surface area contributed by atoms with Crippen LogP contribution in [0.4, 0.5) is 0 Å². The zero-order valence-corrected chi connectivity index (χ0v) is 8.61. The molecule has 5 heteroatoms. The van der Waals surface area contributed by atoms with E-state index in [0.717, 1.165) is 25.7 Å². The minimum Gasteiger partial charge on any atom is -0.479 e. The minimum absolute atomic E-state index is 0.000236. The van der Waals surface area contributed by atoms with E-state index >= 15 is 0 Å². The third-order valence-electron chi connectivity index (χ3n) is 2.73. The molecule has 0 radical (unpaired) electrons. The molecule has 0 aromatic heterocycles. The monoisotopic (exact) mass is 215 g/mol. The van der Waals surface area contributed by atoms with Crippen molar-refractivity contribution in [2.45, 2.75) is 38.2 Å². The number of rotatable bonds is 4. The van der Waals surface area contributed by atoms with Gasteiger partial charge in [0.15, 0.2) is 6.10 Å². The highest BCUT2D eigenvalue weighted by Crippen LogP contribution is 2.23. The summed E-state index contributed by atoms with van der Waals surface area (Å²) in [5, 5.41) is 19.8. The molecule has 0 saturated heterocycles. The predicted octanol–water partition coefficient (Wildman–Crippen LogP) is 0.128. The third-order valence-corrected chi connectivity index (χ3v) is 2.73. The number of carbonyl (C=O) groups excluding carboxylic acids is 1. The highest BCUT2D eigenvalue weighted by molar-refractivity contribution is 5.80. The van der Waals surface area contributed by atoms with Crippen LogP contribution in [0.15, 0.2) is 0 Å². The Hall–Kier alpha value is -1.10. The van der Waals surface area contributed by atoms with Gasteiger partial charge in [0.2, 0.25) is 5.91 Å². The van der Waals surface area contributed by atoms with Crippen molar-refractivity contribution in [3.63, 3.8) is 0 Å². The summed E-state index contributed by atoms with van der Waals surface area (Å²) in [7, 11) is 0. The van der Waals surface area contributed by atoms with Crippen molar-refractivity contribution in [1.82, 2.24) is 5.32 Å². The summed E-state index contributed by atoms with van der Waals surface area (Å²) in [6.45, 7) is -0.204. The Kier molecular flexibility index (Phi) is 4.55. The molecule has 0 heterocycles. The Morgan fingerprint density at radius 2 is 1.87 bits per heavy atom. The van der Waals surface area contributed by atoms with Gasteiger partial charge in [-0.3, -0.25) is 4.79 Å². The fourth-order valence-electron chi connectivity index (χ4n) is 1.79. The van der Waals surface area contributed by atoms with Gasteiger partial charge in [-0.2, -0.15) is 0 Å². The molecule has 5 nitrogen and oxygen atoms in total. The van der Waals surface area contributed by atoms with E-state index in [9.17, 15) is 9.59 Å². The van der Waals surface area contributed by atoms with E-state index in [2.05, 4.69) is 5.32 Å². The van der Waals surface area contributed by atoms with Gasteiger partial charge in [0, 0.05) is 5.92 Å². The smallest absolute Gasteiger partial charge is 0.334 e. The predicted molar refractivity (Wildman–Crippen MR) is 53.2 cm³/mol. The van der Waals surface area contributed by atoms with Gasteiger partial charge in [-0.15, -0.1) is 0 Å². The lowest BCUT2D eigenvalue weighted by Crippen LogP contribution is -2.39. The molecule has 15 heavy (non-hydrogen) atoms. The Morgan fingerprint density at radius 3 is 2.40 bits per heavy atom. The normalized spacial score (nSPS) is 19.5. The van der Waals surface area contributed by atoms with Gasteiger partial charge in [-0.05, 0) is 12.8 Å². The van der Waals surface area contributed by atoms with Gasteiger partial charge in [0.05, 0.1) is 6.54 Å².